The third-order valence-corrected chi connectivity index (χ3v) is 2.81. The van der Waals surface area contributed by atoms with Gasteiger partial charge in [-0.1, -0.05) is 13.8 Å². The highest BCUT2D eigenvalue weighted by atomic mass is 16.5. The zero-order valence-electron chi connectivity index (χ0n) is 12.2. The van der Waals surface area contributed by atoms with E-state index in [4.69, 9.17) is 9.47 Å². The van der Waals surface area contributed by atoms with Gasteiger partial charge in [-0.25, -0.2) is 4.98 Å². The standard InChI is InChI=1S/C14H19N3O3/c1-5-17-12-10(6-7-11(16-12)19-4)15-13(14(17)18)20-8-9(2)3/h6-7,9H,5,8H2,1-4H3. The zero-order valence-corrected chi connectivity index (χ0v) is 12.2. The zero-order chi connectivity index (χ0) is 14.7. The Morgan fingerprint density at radius 1 is 1.30 bits per heavy atom. The van der Waals surface area contributed by atoms with Crippen molar-refractivity contribution in [1.29, 1.82) is 0 Å². The lowest BCUT2D eigenvalue weighted by Crippen LogP contribution is -2.25. The van der Waals surface area contributed by atoms with E-state index >= 15 is 0 Å². The van der Waals surface area contributed by atoms with Gasteiger partial charge < -0.3 is 9.47 Å². The second-order valence-corrected chi connectivity index (χ2v) is 4.87. The van der Waals surface area contributed by atoms with Crippen molar-refractivity contribution in [1.82, 2.24) is 14.5 Å². The number of rotatable bonds is 5. The summed E-state index contributed by atoms with van der Waals surface area (Å²) in [5.74, 6) is 0.910. The molecule has 2 aromatic heterocycles. The Morgan fingerprint density at radius 3 is 2.65 bits per heavy atom. The van der Waals surface area contributed by atoms with Crippen molar-refractivity contribution in [2.75, 3.05) is 13.7 Å². The van der Waals surface area contributed by atoms with Crippen LogP contribution < -0.4 is 15.0 Å². The van der Waals surface area contributed by atoms with E-state index in [9.17, 15) is 4.79 Å². The smallest absolute Gasteiger partial charge is 0.314 e. The molecule has 2 heterocycles. The van der Waals surface area contributed by atoms with Gasteiger partial charge in [0.05, 0.1) is 13.7 Å². The third-order valence-electron chi connectivity index (χ3n) is 2.81. The number of pyridine rings is 1. The van der Waals surface area contributed by atoms with Crippen molar-refractivity contribution in [3.8, 4) is 11.8 Å². The van der Waals surface area contributed by atoms with Gasteiger partial charge in [-0.2, -0.15) is 4.98 Å². The van der Waals surface area contributed by atoms with Gasteiger partial charge in [0.25, 0.3) is 5.88 Å². The first kappa shape index (κ1) is 14.3. The number of aryl methyl sites for hydroxylation is 1. The fraction of sp³-hybridized carbons (Fsp3) is 0.500. The number of fused-ring (bicyclic) bond motifs is 1. The van der Waals surface area contributed by atoms with Crippen LogP contribution in [0.2, 0.25) is 0 Å². The van der Waals surface area contributed by atoms with Crippen LogP contribution in [-0.4, -0.2) is 28.3 Å². The molecule has 6 nitrogen and oxygen atoms in total. The molecule has 0 aromatic carbocycles. The molecule has 6 heteroatoms. The predicted molar refractivity (Wildman–Crippen MR) is 76.4 cm³/mol. The summed E-state index contributed by atoms with van der Waals surface area (Å²) >= 11 is 0. The van der Waals surface area contributed by atoms with E-state index in [1.54, 1.807) is 16.7 Å². The summed E-state index contributed by atoms with van der Waals surface area (Å²) in [5, 5.41) is 0. The minimum Gasteiger partial charge on any atom is -0.481 e. The Kier molecular flexibility index (Phi) is 4.22. The Hall–Kier alpha value is -2.11. The molecular formula is C14H19N3O3. The summed E-state index contributed by atoms with van der Waals surface area (Å²) < 4.78 is 12.1. The van der Waals surface area contributed by atoms with Gasteiger partial charge in [-0.3, -0.25) is 9.36 Å². The minimum absolute atomic E-state index is 0.125. The SMILES string of the molecule is CCn1c(=O)c(OCC(C)C)nc2ccc(OC)nc21. The van der Waals surface area contributed by atoms with Crippen LogP contribution in [0, 0.1) is 5.92 Å². The summed E-state index contributed by atoms with van der Waals surface area (Å²) in [6.07, 6.45) is 0. The fourth-order valence-corrected chi connectivity index (χ4v) is 1.83. The summed E-state index contributed by atoms with van der Waals surface area (Å²) in [5.41, 5.74) is 0.862. The Balaban J connectivity index is 2.57. The van der Waals surface area contributed by atoms with Crippen molar-refractivity contribution in [3.05, 3.63) is 22.5 Å². The molecule has 20 heavy (non-hydrogen) atoms. The lowest BCUT2D eigenvalue weighted by Gasteiger charge is -2.12. The molecule has 0 N–H and O–H groups in total. The molecule has 0 bridgehead atoms. The van der Waals surface area contributed by atoms with Gasteiger partial charge in [0.15, 0.2) is 5.65 Å². The van der Waals surface area contributed by atoms with Gasteiger partial charge >= 0.3 is 5.56 Å². The quantitative estimate of drug-likeness (QED) is 0.834. The van der Waals surface area contributed by atoms with Crippen LogP contribution in [0.4, 0.5) is 0 Å². The van der Waals surface area contributed by atoms with Gasteiger partial charge in [-0.05, 0) is 18.9 Å². The second kappa shape index (κ2) is 5.90. The highest BCUT2D eigenvalue weighted by Crippen LogP contribution is 2.16. The monoisotopic (exact) mass is 277 g/mol. The van der Waals surface area contributed by atoms with E-state index in [1.165, 1.54) is 7.11 Å². The van der Waals surface area contributed by atoms with E-state index < -0.39 is 0 Å². The van der Waals surface area contributed by atoms with Crippen LogP contribution in [0.15, 0.2) is 16.9 Å². The number of hydrogen-bond acceptors (Lipinski definition) is 5. The van der Waals surface area contributed by atoms with E-state index in [0.29, 0.717) is 36.1 Å². The van der Waals surface area contributed by atoms with Crippen molar-refractivity contribution in [2.24, 2.45) is 5.92 Å². The first-order valence-electron chi connectivity index (χ1n) is 6.65. The van der Waals surface area contributed by atoms with E-state index in [2.05, 4.69) is 9.97 Å². The lowest BCUT2D eigenvalue weighted by molar-refractivity contribution is 0.256. The van der Waals surface area contributed by atoms with Crippen molar-refractivity contribution in [3.63, 3.8) is 0 Å². The van der Waals surface area contributed by atoms with Crippen molar-refractivity contribution in [2.45, 2.75) is 27.3 Å². The number of aromatic nitrogens is 3. The molecule has 0 atom stereocenters. The van der Waals surface area contributed by atoms with Crippen LogP contribution in [-0.2, 0) is 6.54 Å². The summed E-state index contributed by atoms with van der Waals surface area (Å²) in [6, 6.07) is 3.49. The maximum Gasteiger partial charge on any atom is 0.314 e. The molecule has 0 saturated heterocycles. The molecule has 0 saturated carbocycles. The molecule has 0 aliphatic heterocycles. The van der Waals surface area contributed by atoms with Crippen LogP contribution in [0.3, 0.4) is 0 Å². The van der Waals surface area contributed by atoms with Crippen LogP contribution in [0.1, 0.15) is 20.8 Å². The van der Waals surface area contributed by atoms with Crippen LogP contribution >= 0.6 is 0 Å². The molecule has 0 amide bonds. The summed E-state index contributed by atoms with van der Waals surface area (Å²) in [4.78, 5) is 20.9. The Labute approximate surface area is 117 Å². The molecule has 0 aliphatic carbocycles. The van der Waals surface area contributed by atoms with Crippen LogP contribution in [0.5, 0.6) is 11.8 Å². The molecule has 2 aromatic rings. The lowest BCUT2D eigenvalue weighted by atomic mass is 10.2. The normalized spacial score (nSPS) is 11.1. The van der Waals surface area contributed by atoms with Gasteiger partial charge in [0.1, 0.15) is 5.52 Å². The Bertz CT molecular complexity index is 664. The maximum atomic E-state index is 12.3. The molecular weight excluding hydrogens is 258 g/mol. The number of hydrogen-bond donors (Lipinski definition) is 0. The molecule has 0 spiro atoms. The average Bonchev–Trinajstić information content (AvgIpc) is 2.44. The first-order chi connectivity index (χ1) is 9.56. The van der Waals surface area contributed by atoms with Gasteiger partial charge in [0, 0.05) is 12.6 Å². The maximum absolute atomic E-state index is 12.3. The second-order valence-electron chi connectivity index (χ2n) is 4.87. The van der Waals surface area contributed by atoms with Crippen molar-refractivity contribution < 1.29 is 9.47 Å². The number of ether oxygens (including phenoxy) is 2. The van der Waals surface area contributed by atoms with E-state index in [1.807, 2.05) is 20.8 Å². The number of methoxy groups -OCH3 is 1. The highest BCUT2D eigenvalue weighted by Gasteiger charge is 2.13. The summed E-state index contributed by atoms with van der Waals surface area (Å²) in [6.45, 7) is 6.88. The largest absolute Gasteiger partial charge is 0.481 e. The third kappa shape index (κ3) is 2.74. The van der Waals surface area contributed by atoms with E-state index in [-0.39, 0.29) is 11.4 Å². The van der Waals surface area contributed by atoms with Gasteiger partial charge in [0.2, 0.25) is 5.88 Å². The van der Waals surface area contributed by atoms with E-state index in [0.717, 1.165) is 0 Å². The average molecular weight is 277 g/mol. The van der Waals surface area contributed by atoms with Gasteiger partial charge in [-0.15, -0.1) is 0 Å². The molecule has 0 fully saturated rings. The van der Waals surface area contributed by atoms with Crippen LogP contribution in [0.25, 0.3) is 11.2 Å². The molecule has 0 radical (unpaired) electrons. The highest BCUT2D eigenvalue weighted by molar-refractivity contribution is 5.71. The molecule has 108 valence electrons. The minimum atomic E-state index is -0.263. The van der Waals surface area contributed by atoms with Crippen molar-refractivity contribution >= 4 is 11.2 Å². The molecule has 0 unspecified atom stereocenters. The fourth-order valence-electron chi connectivity index (χ4n) is 1.83. The molecule has 0 aliphatic rings. The molecule has 2 rings (SSSR count). The number of nitrogens with zero attached hydrogens (tertiary/aromatic N) is 3. The topological polar surface area (TPSA) is 66.2 Å². The Morgan fingerprint density at radius 2 is 2.05 bits per heavy atom. The predicted octanol–water partition coefficient (Wildman–Crippen LogP) is 1.85. The first-order valence-corrected chi connectivity index (χ1v) is 6.65. The summed E-state index contributed by atoms with van der Waals surface area (Å²) in [7, 11) is 1.54.